The van der Waals surface area contributed by atoms with Crippen LogP contribution >= 0.6 is 0 Å². The van der Waals surface area contributed by atoms with E-state index in [1.807, 2.05) is 0 Å². The van der Waals surface area contributed by atoms with Crippen molar-refractivity contribution in [3.63, 3.8) is 0 Å². The van der Waals surface area contributed by atoms with Crippen LogP contribution in [-0.2, 0) is 5.41 Å². The molecule has 1 saturated carbocycles. The van der Waals surface area contributed by atoms with E-state index in [0.717, 1.165) is 6.42 Å². The minimum Gasteiger partial charge on any atom is -0.405 e. The van der Waals surface area contributed by atoms with Gasteiger partial charge in [-0.2, -0.15) is 5.26 Å². The Kier molecular flexibility index (Phi) is 2.74. The van der Waals surface area contributed by atoms with Gasteiger partial charge in [0.05, 0.1) is 11.5 Å². The molecule has 0 aliphatic heterocycles. The van der Waals surface area contributed by atoms with Crippen LogP contribution in [0, 0.1) is 11.3 Å². The van der Waals surface area contributed by atoms with E-state index in [1.165, 1.54) is 18.2 Å². The van der Waals surface area contributed by atoms with Gasteiger partial charge in [0.1, 0.15) is 5.75 Å². The minimum atomic E-state index is -4.73. The van der Waals surface area contributed by atoms with Crippen LogP contribution in [0.5, 0.6) is 5.75 Å². The van der Waals surface area contributed by atoms with Gasteiger partial charge in [0.15, 0.2) is 0 Å². The van der Waals surface area contributed by atoms with Gasteiger partial charge in [-0.1, -0.05) is 18.2 Å². The number of nitriles is 1. The smallest absolute Gasteiger partial charge is 0.405 e. The third-order valence-corrected chi connectivity index (χ3v) is 3.05. The monoisotopic (exact) mass is 241 g/mol. The number of para-hydroxylation sites is 1. The van der Waals surface area contributed by atoms with Crippen LogP contribution in [0.1, 0.15) is 24.8 Å². The Hall–Kier alpha value is -1.70. The Balaban J connectivity index is 2.38. The summed E-state index contributed by atoms with van der Waals surface area (Å²) in [6.45, 7) is 0. The van der Waals surface area contributed by atoms with Crippen molar-refractivity contribution in [2.24, 2.45) is 0 Å². The van der Waals surface area contributed by atoms with Crippen molar-refractivity contribution in [2.45, 2.75) is 31.0 Å². The molecule has 1 aliphatic rings. The van der Waals surface area contributed by atoms with Crippen molar-refractivity contribution in [2.75, 3.05) is 0 Å². The minimum absolute atomic E-state index is 0.263. The molecule has 1 aliphatic carbocycles. The van der Waals surface area contributed by atoms with E-state index >= 15 is 0 Å². The van der Waals surface area contributed by atoms with Crippen molar-refractivity contribution in [1.82, 2.24) is 0 Å². The molecule has 0 radical (unpaired) electrons. The fraction of sp³-hybridized carbons (Fsp3) is 0.417. The molecular formula is C12H10F3NO. The Morgan fingerprint density at radius 3 is 2.35 bits per heavy atom. The van der Waals surface area contributed by atoms with Crippen molar-refractivity contribution < 1.29 is 17.9 Å². The zero-order valence-corrected chi connectivity index (χ0v) is 8.92. The van der Waals surface area contributed by atoms with E-state index in [4.69, 9.17) is 5.26 Å². The summed E-state index contributed by atoms with van der Waals surface area (Å²) < 4.78 is 40.7. The number of alkyl halides is 3. The van der Waals surface area contributed by atoms with E-state index in [-0.39, 0.29) is 5.75 Å². The van der Waals surface area contributed by atoms with Crippen LogP contribution in [0.2, 0.25) is 0 Å². The molecule has 0 aromatic heterocycles. The number of hydrogen-bond acceptors (Lipinski definition) is 2. The highest BCUT2D eigenvalue weighted by molar-refractivity contribution is 5.45. The first-order valence-corrected chi connectivity index (χ1v) is 5.23. The lowest BCUT2D eigenvalue weighted by atomic mass is 9.65. The maximum Gasteiger partial charge on any atom is 0.573 e. The van der Waals surface area contributed by atoms with E-state index in [2.05, 4.69) is 10.8 Å². The number of benzene rings is 1. The highest BCUT2D eigenvalue weighted by Gasteiger charge is 2.43. The average molecular weight is 241 g/mol. The zero-order chi connectivity index (χ0) is 12.5. The predicted molar refractivity (Wildman–Crippen MR) is 54.3 cm³/mol. The van der Waals surface area contributed by atoms with Crippen LogP contribution in [0.15, 0.2) is 24.3 Å². The van der Waals surface area contributed by atoms with Gasteiger partial charge in [0.2, 0.25) is 0 Å². The Labute approximate surface area is 96.6 Å². The fourth-order valence-electron chi connectivity index (χ4n) is 2.05. The summed E-state index contributed by atoms with van der Waals surface area (Å²) in [6.07, 6.45) is -2.70. The van der Waals surface area contributed by atoms with Crippen LogP contribution < -0.4 is 4.74 Å². The normalized spacial score (nSPS) is 18.0. The van der Waals surface area contributed by atoms with Gasteiger partial charge in [-0.3, -0.25) is 0 Å². The molecule has 0 atom stereocenters. The molecule has 1 aromatic rings. The first kappa shape index (κ1) is 11.8. The summed E-state index contributed by atoms with van der Waals surface area (Å²) in [6, 6.07) is 7.98. The van der Waals surface area contributed by atoms with Crippen molar-refractivity contribution in [3.8, 4) is 11.8 Å². The average Bonchev–Trinajstić information content (AvgIpc) is 2.17. The molecule has 0 unspecified atom stereocenters. The van der Waals surface area contributed by atoms with Crippen molar-refractivity contribution >= 4 is 0 Å². The van der Waals surface area contributed by atoms with E-state index in [1.54, 1.807) is 6.07 Å². The summed E-state index contributed by atoms with van der Waals surface area (Å²) in [5.74, 6) is -0.263. The predicted octanol–water partition coefficient (Wildman–Crippen LogP) is 3.53. The van der Waals surface area contributed by atoms with Gasteiger partial charge < -0.3 is 4.74 Å². The van der Waals surface area contributed by atoms with Crippen LogP contribution in [0.3, 0.4) is 0 Å². The van der Waals surface area contributed by atoms with Crippen LogP contribution in [0.4, 0.5) is 13.2 Å². The Bertz CT molecular complexity index is 458. The lowest BCUT2D eigenvalue weighted by Gasteiger charge is -2.36. The van der Waals surface area contributed by atoms with Gasteiger partial charge in [-0.25, -0.2) is 0 Å². The lowest BCUT2D eigenvalue weighted by molar-refractivity contribution is -0.275. The number of halogens is 3. The molecule has 2 nitrogen and oxygen atoms in total. The molecule has 5 heteroatoms. The number of nitrogens with zero attached hydrogens (tertiary/aromatic N) is 1. The molecule has 0 bridgehead atoms. The third kappa shape index (κ3) is 2.21. The standard InChI is InChI=1S/C12H10F3NO/c13-12(14,15)17-10-5-2-1-4-9(10)11(8-16)6-3-7-11/h1-2,4-5H,3,6-7H2. The molecule has 1 fully saturated rings. The second kappa shape index (κ2) is 3.95. The van der Waals surface area contributed by atoms with Gasteiger partial charge in [-0.05, 0) is 25.3 Å². The largest absolute Gasteiger partial charge is 0.573 e. The van der Waals surface area contributed by atoms with Gasteiger partial charge in [0.25, 0.3) is 0 Å². The quantitative estimate of drug-likeness (QED) is 0.793. The van der Waals surface area contributed by atoms with Gasteiger partial charge in [-0.15, -0.1) is 13.2 Å². The topological polar surface area (TPSA) is 33.0 Å². The Morgan fingerprint density at radius 2 is 1.88 bits per heavy atom. The number of ether oxygens (including phenoxy) is 1. The molecule has 0 saturated heterocycles. The first-order valence-electron chi connectivity index (χ1n) is 5.23. The van der Waals surface area contributed by atoms with E-state index in [0.29, 0.717) is 18.4 Å². The van der Waals surface area contributed by atoms with Gasteiger partial charge >= 0.3 is 6.36 Å². The molecule has 17 heavy (non-hydrogen) atoms. The zero-order valence-electron chi connectivity index (χ0n) is 8.92. The maximum atomic E-state index is 12.2. The molecule has 0 spiro atoms. The lowest BCUT2D eigenvalue weighted by Crippen LogP contribution is -2.33. The third-order valence-electron chi connectivity index (χ3n) is 3.05. The highest BCUT2D eigenvalue weighted by atomic mass is 19.4. The first-order chi connectivity index (χ1) is 7.97. The van der Waals surface area contributed by atoms with E-state index in [9.17, 15) is 13.2 Å². The fourth-order valence-corrected chi connectivity index (χ4v) is 2.05. The Morgan fingerprint density at radius 1 is 1.24 bits per heavy atom. The molecule has 0 N–H and O–H groups in total. The molecule has 0 heterocycles. The summed E-state index contributed by atoms with van der Waals surface area (Å²) in [4.78, 5) is 0. The maximum absolute atomic E-state index is 12.2. The molecular weight excluding hydrogens is 231 g/mol. The molecule has 2 rings (SSSR count). The number of hydrogen-bond donors (Lipinski definition) is 0. The summed E-state index contributed by atoms with van der Waals surface area (Å²) in [5.41, 5.74) is -0.465. The van der Waals surface area contributed by atoms with Crippen LogP contribution in [0.25, 0.3) is 0 Å². The number of rotatable bonds is 2. The summed E-state index contributed by atoms with van der Waals surface area (Å²) in [5, 5.41) is 9.13. The SMILES string of the molecule is N#CC1(c2ccccc2OC(F)(F)F)CCC1. The molecule has 0 amide bonds. The highest BCUT2D eigenvalue weighted by Crippen LogP contribution is 2.47. The second-order valence-electron chi connectivity index (χ2n) is 4.09. The molecule has 90 valence electrons. The molecule has 1 aromatic carbocycles. The second-order valence-corrected chi connectivity index (χ2v) is 4.09. The summed E-state index contributed by atoms with van der Waals surface area (Å²) >= 11 is 0. The van der Waals surface area contributed by atoms with Crippen molar-refractivity contribution in [1.29, 1.82) is 5.26 Å². The summed E-state index contributed by atoms with van der Waals surface area (Å²) in [7, 11) is 0. The van der Waals surface area contributed by atoms with Crippen molar-refractivity contribution in [3.05, 3.63) is 29.8 Å². The van der Waals surface area contributed by atoms with Crippen LogP contribution in [-0.4, -0.2) is 6.36 Å². The van der Waals surface area contributed by atoms with Gasteiger partial charge in [0, 0.05) is 5.56 Å². The van der Waals surface area contributed by atoms with E-state index < -0.39 is 11.8 Å².